The zero-order chi connectivity index (χ0) is 54.0. The van der Waals surface area contributed by atoms with Crippen LogP contribution in [0.25, 0.3) is 10.9 Å². The number of piperazine rings is 1. The monoisotopic (exact) mass is 1060 g/mol. The topological polar surface area (TPSA) is 204 Å². The highest BCUT2D eigenvalue weighted by atomic mass is 16.5. The molecule has 0 unspecified atom stereocenters. The highest BCUT2D eigenvalue weighted by Gasteiger charge is 2.45. The largest absolute Gasteiger partial charge is 0.496 e. The predicted octanol–water partition coefficient (Wildman–Crippen LogP) is 4.30. The molecule has 406 valence electrons. The molecule has 1 aromatic heterocycles. The highest BCUT2D eigenvalue weighted by molar-refractivity contribution is 5.99. The average molecular weight is 1060 g/mol. The van der Waals surface area contributed by atoms with Gasteiger partial charge < -0.3 is 55.2 Å². The maximum Gasteiger partial charge on any atom is 0.246 e. The maximum absolute atomic E-state index is 15.7. The van der Waals surface area contributed by atoms with Gasteiger partial charge in [-0.3, -0.25) is 28.8 Å². The Morgan fingerprint density at radius 3 is 2.08 bits per heavy atom. The van der Waals surface area contributed by atoms with Crippen LogP contribution in [0, 0.1) is 5.92 Å². The third-order valence-electron chi connectivity index (χ3n) is 15.6. The first-order valence-electron chi connectivity index (χ1n) is 27.1. The van der Waals surface area contributed by atoms with Gasteiger partial charge in [0.2, 0.25) is 29.5 Å². The Labute approximate surface area is 454 Å². The number of hydrogen-bond donors (Lipinski definition) is 5. The number of ether oxygens (including phenoxy) is 3. The van der Waals surface area contributed by atoms with Gasteiger partial charge >= 0.3 is 0 Å². The molecule has 0 radical (unpaired) electrons. The minimum Gasteiger partial charge on any atom is -0.496 e. The van der Waals surface area contributed by atoms with E-state index in [9.17, 15) is 4.79 Å². The van der Waals surface area contributed by atoms with Crippen molar-refractivity contribution in [3.63, 3.8) is 0 Å². The number of aromatic amines is 1. The van der Waals surface area contributed by atoms with Gasteiger partial charge in [0.15, 0.2) is 5.78 Å². The number of nitrogens with one attached hydrogen (secondary N) is 5. The molecule has 6 aromatic rings. The van der Waals surface area contributed by atoms with Gasteiger partial charge in [-0.25, -0.2) is 0 Å². The van der Waals surface area contributed by atoms with Gasteiger partial charge in [-0.1, -0.05) is 103 Å². The maximum atomic E-state index is 15.7. The number of aromatic nitrogens is 1. The summed E-state index contributed by atoms with van der Waals surface area (Å²) in [7, 11) is 1.57. The first-order chi connectivity index (χ1) is 38.1. The summed E-state index contributed by atoms with van der Waals surface area (Å²) < 4.78 is 17.8. The quantitative estimate of drug-likeness (QED) is 0.110. The molecular weight excluding hydrogens is 989 g/mol. The van der Waals surface area contributed by atoms with Crippen molar-refractivity contribution in [2.75, 3.05) is 59.6 Å². The molecule has 17 nitrogen and oxygen atoms in total. The number of benzene rings is 5. The van der Waals surface area contributed by atoms with Crippen LogP contribution in [0.3, 0.4) is 0 Å². The molecule has 0 bridgehead atoms. The van der Waals surface area contributed by atoms with Crippen LogP contribution in [0.5, 0.6) is 11.5 Å². The van der Waals surface area contributed by atoms with E-state index in [1.807, 2.05) is 127 Å². The van der Waals surface area contributed by atoms with Gasteiger partial charge in [-0.15, -0.1) is 0 Å². The van der Waals surface area contributed by atoms with Gasteiger partial charge in [-0.2, -0.15) is 0 Å². The van der Waals surface area contributed by atoms with Crippen LogP contribution < -0.4 is 30.7 Å². The van der Waals surface area contributed by atoms with Crippen LogP contribution in [-0.2, 0) is 72.3 Å². The number of Topliss-reactive ketones (excluding diaryl/α,β-unsaturated/α-hetero) is 1. The lowest BCUT2D eigenvalue weighted by Gasteiger charge is -2.43. The van der Waals surface area contributed by atoms with Crippen LogP contribution in [0.15, 0.2) is 134 Å². The van der Waals surface area contributed by atoms with E-state index in [2.05, 4.69) is 31.2 Å². The van der Waals surface area contributed by atoms with Crippen LogP contribution in [0.4, 0.5) is 0 Å². The standard InChI is InChI=1S/C61H68N8O9/c1-76-55-18-10-17-48-56(55)45(35-63-48)32-50-54(70)34-46(36-67-27-25-62-26-28-67)57(71)66-51(31-41-19-22-47(23-20-41)78-38-42-13-6-3-7-14-42)60(74)69-37-44-16-9-8-15-43(44)33-52(69)61(75)68-29-30-77-39-53(68)59(73)64-49(58(72)65-50)24-21-40-11-4-2-5-12-40/h2-20,22-23,35,46,49-53,62-63H,21,24-34,36-39H2,1H3,(H,64,73)(H,65,72)(H,66,71)/t46-,49-,50+,51-,52-,53-/m0/s1. The number of carbonyl (C=O) groups excluding carboxylic acids is 6. The summed E-state index contributed by atoms with van der Waals surface area (Å²) in [5, 5.41) is 13.3. The Hall–Kier alpha value is -7.86. The molecule has 3 saturated heterocycles. The first-order valence-corrected chi connectivity index (χ1v) is 27.1. The molecule has 17 heteroatoms. The van der Waals surface area contributed by atoms with E-state index in [1.165, 1.54) is 4.90 Å². The van der Waals surface area contributed by atoms with E-state index in [1.54, 1.807) is 18.2 Å². The SMILES string of the molecule is COc1cccc2[nH]cc(C[C@H]3NC(=O)[C@H](CCc4ccccc4)NC(=O)[C@@H]4COCCN4C(=O)[C@@H]4Cc5ccccc5CN4C(=O)[C@H](Cc4ccc(OCc5ccccc5)cc4)NC(=O)[C@H](CN4CCNCC4)CC3=O)c12. The molecule has 0 aliphatic carbocycles. The zero-order valence-electron chi connectivity index (χ0n) is 44.0. The van der Waals surface area contributed by atoms with Crippen molar-refractivity contribution >= 4 is 46.2 Å². The second-order valence-electron chi connectivity index (χ2n) is 20.7. The molecule has 10 rings (SSSR count). The van der Waals surface area contributed by atoms with E-state index in [4.69, 9.17) is 14.2 Å². The smallest absolute Gasteiger partial charge is 0.246 e. The van der Waals surface area contributed by atoms with Crippen LogP contribution in [0.1, 0.15) is 46.2 Å². The fourth-order valence-corrected chi connectivity index (χ4v) is 11.3. The van der Waals surface area contributed by atoms with Crippen molar-refractivity contribution in [2.24, 2.45) is 5.92 Å². The van der Waals surface area contributed by atoms with E-state index in [-0.39, 0.29) is 65.0 Å². The summed E-state index contributed by atoms with van der Waals surface area (Å²) in [5.74, 6) is -2.83. The summed E-state index contributed by atoms with van der Waals surface area (Å²) in [5.41, 5.74) is 5.87. The molecule has 5 aromatic carbocycles. The molecule has 3 fully saturated rings. The van der Waals surface area contributed by atoms with Crippen LogP contribution in [-0.4, -0.2) is 145 Å². The Balaban J connectivity index is 1.04. The molecule has 5 N–H and O–H groups in total. The van der Waals surface area contributed by atoms with E-state index >= 15 is 24.0 Å². The third kappa shape index (κ3) is 12.8. The number of H-pyrrole nitrogens is 1. The molecule has 6 atom stereocenters. The summed E-state index contributed by atoms with van der Waals surface area (Å²) in [6, 6.07) is 34.2. The molecule has 5 amide bonds. The minimum absolute atomic E-state index is 0.0228. The van der Waals surface area contributed by atoms with Crippen molar-refractivity contribution < 1.29 is 43.0 Å². The van der Waals surface area contributed by atoms with Crippen LogP contribution in [0.2, 0.25) is 0 Å². The summed E-state index contributed by atoms with van der Waals surface area (Å²) in [4.78, 5) is 100. The molecule has 78 heavy (non-hydrogen) atoms. The number of morpholine rings is 1. The zero-order valence-corrected chi connectivity index (χ0v) is 44.0. The van der Waals surface area contributed by atoms with E-state index in [0.29, 0.717) is 56.3 Å². The van der Waals surface area contributed by atoms with Crippen LogP contribution >= 0.6 is 0 Å². The van der Waals surface area contributed by atoms with Gasteiger partial charge in [0.25, 0.3) is 0 Å². The van der Waals surface area contributed by atoms with Gasteiger partial charge in [0.1, 0.15) is 42.3 Å². The lowest BCUT2D eigenvalue weighted by atomic mass is 9.90. The predicted molar refractivity (Wildman–Crippen MR) is 293 cm³/mol. The van der Waals surface area contributed by atoms with Gasteiger partial charge in [0.05, 0.1) is 32.3 Å². The molecule has 4 aliphatic rings. The number of ketones is 1. The number of aryl methyl sites for hydroxylation is 1. The summed E-state index contributed by atoms with van der Waals surface area (Å²) >= 11 is 0. The van der Waals surface area contributed by atoms with E-state index in [0.717, 1.165) is 38.7 Å². The number of rotatable bonds is 13. The molecule has 4 aliphatic heterocycles. The van der Waals surface area contributed by atoms with Crippen molar-refractivity contribution in [1.29, 1.82) is 0 Å². The Bertz CT molecular complexity index is 3070. The lowest BCUT2D eigenvalue weighted by Crippen LogP contribution is -2.64. The number of hydrogen-bond acceptors (Lipinski definition) is 11. The number of carbonyl (C=O) groups is 6. The Morgan fingerprint density at radius 1 is 0.615 bits per heavy atom. The van der Waals surface area contributed by atoms with Crippen molar-refractivity contribution in [1.82, 2.24) is 41.0 Å². The number of nitrogens with zero attached hydrogens (tertiary/aromatic N) is 3. The highest BCUT2D eigenvalue weighted by Crippen LogP contribution is 2.31. The summed E-state index contributed by atoms with van der Waals surface area (Å²) in [6.07, 6.45) is 2.29. The molecular formula is C61H68N8O9. The van der Waals surface area contributed by atoms with E-state index < -0.39 is 71.4 Å². The fraction of sp³-hybridized carbons (Fsp3) is 0.377. The Morgan fingerprint density at radius 2 is 1.32 bits per heavy atom. The molecule has 5 heterocycles. The minimum atomic E-state index is -1.20. The summed E-state index contributed by atoms with van der Waals surface area (Å²) in [6.45, 7) is 3.27. The lowest BCUT2D eigenvalue weighted by molar-refractivity contribution is -0.157. The molecule has 0 saturated carbocycles. The number of fused-ring (bicyclic) bond motifs is 4. The van der Waals surface area contributed by atoms with Gasteiger partial charge in [0, 0.05) is 88.6 Å². The second kappa shape index (κ2) is 25.1. The average Bonchev–Trinajstić information content (AvgIpc) is 4.01. The second-order valence-corrected chi connectivity index (χ2v) is 20.7. The van der Waals surface area contributed by atoms with Crippen molar-refractivity contribution in [2.45, 2.75) is 81.9 Å². The number of amides is 5. The normalized spacial score (nSPS) is 23.0. The fourth-order valence-electron chi connectivity index (χ4n) is 11.3. The Kier molecular flexibility index (Phi) is 17.2. The van der Waals surface area contributed by atoms with Crippen molar-refractivity contribution in [3.05, 3.63) is 167 Å². The van der Waals surface area contributed by atoms with Crippen molar-refractivity contribution in [3.8, 4) is 11.5 Å². The number of methoxy groups -OCH3 is 1. The molecule has 0 spiro atoms. The first kappa shape index (κ1) is 53.5. The third-order valence-corrected chi connectivity index (χ3v) is 15.6. The van der Waals surface area contributed by atoms with Gasteiger partial charge in [-0.05, 0) is 70.5 Å².